The molecule has 0 unspecified atom stereocenters. The first-order valence-electron chi connectivity index (χ1n) is 5.91. The SMILES string of the molecule is CC(=O)c1cc(Br)ccc1N(CCC#N)C(C)C. The van der Waals surface area contributed by atoms with E-state index in [1.807, 2.05) is 18.2 Å². The summed E-state index contributed by atoms with van der Waals surface area (Å²) in [5, 5.41) is 8.72. The number of anilines is 1. The van der Waals surface area contributed by atoms with Crippen LogP contribution in [0.1, 0.15) is 37.6 Å². The van der Waals surface area contributed by atoms with Crippen LogP contribution in [-0.4, -0.2) is 18.4 Å². The average molecular weight is 309 g/mol. The highest BCUT2D eigenvalue weighted by Gasteiger charge is 2.16. The average Bonchev–Trinajstić information content (AvgIpc) is 2.30. The van der Waals surface area contributed by atoms with E-state index in [0.717, 1.165) is 10.2 Å². The van der Waals surface area contributed by atoms with Crippen LogP contribution in [0, 0.1) is 11.3 Å². The lowest BCUT2D eigenvalue weighted by Gasteiger charge is -2.29. The van der Waals surface area contributed by atoms with Crippen LogP contribution < -0.4 is 4.90 Å². The van der Waals surface area contributed by atoms with E-state index in [4.69, 9.17) is 5.26 Å². The molecule has 3 nitrogen and oxygen atoms in total. The van der Waals surface area contributed by atoms with E-state index in [1.165, 1.54) is 0 Å². The number of rotatable bonds is 5. The van der Waals surface area contributed by atoms with Crippen molar-refractivity contribution in [3.05, 3.63) is 28.2 Å². The standard InChI is InChI=1S/C14H17BrN2O/c1-10(2)17(8-4-7-16)14-6-5-12(15)9-13(14)11(3)18/h5-6,9-10H,4,8H2,1-3H3. The highest BCUT2D eigenvalue weighted by molar-refractivity contribution is 9.10. The van der Waals surface area contributed by atoms with E-state index in [0.29, 0.717) is 18.5 Å². The van der Waals surface area contributed by atoms with Crippen LogP contribution in [0.4, 0.5) is 5.69 Å². The predicted octanol–water partition coefficient (Wildman–Crippen LogP) is 3.78. The Bertz CT molecular complexity index is 477. The lowest BCUT2D eigenvalue weighted by Crippen LogP contribution is -2.32. The fourth-order valence-electron chi connectivity index (χ4n) is 1.87. The Balaban J connectivity index is 3.19. The van der Waals surface area contributed by atoms with Gasteiger partial charge in [0.1, 0.15) is 0 Å². The normalized spacial score (nSPS) is 10.2. The first-order valence-corrected chi connectivity index (χ1v) is 6.70. The summed E-state index contributed by atoms with van der Waals surface area (Å²) in [5.74, 6) is 0.0360. The zero-order chi connectivity index (χ0) is 13.7. The van der Waals surface area contributed by atoms with Gasteiger partial charge in [0.05, 0.1) is 12.5 Å². The maximum atomic E-state index is 11.7. The van der Waals surface area contributed by atoms with Gasteiger partial charge in [0.25, 0.3) is 0 Å². The van der Waals surface area contributed by atoms with E-state index in [2.05, 4.69) is 40.7 Å². The van der Waals surface area contributed by atoms with E-state index in [-0.39, 0.29) is 11.8 Å². The molecule has 0 radical (unpaired) electrons. The van der Waals surface area contributed by atoms with Crippen molar-refractivity contribution in [2.24, 2.45) is 0 Å². The van der Waals surface area contributed by atoms with Gasteiger partial charge in [-0.15, -0.1) is 0 Å². The molecule has 1 rings (SSSR count). The minimum Gasteiger partial charge on any atom is -0.367 e. The molecule has 96 valence electrons. The first-order chi connectivity index (χ1) is 8.47. The molecule has 0 aliphatic carbocycles. The van der Waals surface area contributed by atoms with Crippen molar-refractivity contribution in [2.75, 3.05) is 11.4 Å². The molecule has 4 heteroatoms. The third-order valence-corrected chi connectivity index (χ3v) is 3.23. The van der Waals surface area contributed by atoms with Crippen molar-refractivity contribution in [3.63, 3.8) is 0 Å². The number of nitriles is 1. The summed E-state index contributed by atoms with van der Waals surface area (Å²) < 4.78 is 0.889. The number of hydrogen-bond donors (Lipinski definition) is 0. The molecular formula is C14H17BrN2O. The highest BCUT2D eigenvalue weighted by atomic mass is 79.9. The topological polar surface area (TPSA) is 44.1 Å². The van der Waals surface area contributed by atoms with E-state index < -0.39 is 0 Å². The van der Waals surface area contributed by atoms with Crippen LogP contribution in [0.5, 0.6) is 0 Å². The molecule has 0 saturated heterocycles. The van der Waals surface area contributed by atoms with Gasteiger partial charge in [0.2, 0.25) is 0 Å². The summed E-state index contributed by atoms with van der Waals surface area (Å²) in [6.07, 6.45) is 0.450. The lowest BCUT2D eigenvalue weighted by molar-refractivity contribution is 0.101. The molecule has 0 aliphatic rings. The largest absolute Gasteiger partial charge is 0.367 e. The first kappa shape index (κ1) is 14.7. The van der Waals surface area contributed by atoms with Crippen LogP contribution in [0.2, 0.25) is 0 Å². The Morgan fingerprint density at radius 1 is 1.50 bits per heavy atom. The molecule has 0 aliphatic heterocycles. The Morgan fingerprint density at radius 3 is 2.67 bits per heavy atom. The second kappa shape index (κ2) is 6.55. The number of ketones is 1. The van der Waals surface area contributed by atoms with Crippen LogP contribution in [0.15, 0.2) is 22.7 Å². The molecule has 0 heterocycles. The van der Waals surface area contributed by atoms with Crippen molar-refractivity contribution in [1.82, 2.24) is 0 Å². The Hall–Kier alpha value is -1.34. The van der Waals surface area contributed by atoms with Crippen molar-refractivity contribution >= 4 is 27.4 Å². The summed E-state index contributed by atoms with van der Waals surface area (Å²) in [5.41, 5.74) is 1.59. The summed E-state index contributed by atoms with van der Waals surface area (Å²) in [6, 6.07) is 8.08. The maximum absolute atomic E-state index is 11.7. The number of hydrogen-bond acceptors (Lipinski definition) is 3. The van der Waals surface area contributed by atoms with Gasteiger partial charge in [-0.25, -0.2) is 0 Å². The van der Waals surface area contributed by atoms with E-state index in [1.54, 1.807) is 6.92 Å². The molecular weight excluding hydrogens is 292 g/mol. The maximum Gasteiger partial charge on any atom is 0.161 e. The van der Waals surface area contributed by atoms with Gasteiger partial charge in [-0.05, 0) is 39.0 Å². The zero-order valence-corrected chi connectivity index (χ0v) is 12.5. The summed E-state index contributed by atoms with van der Waals surface area (Å²) >= 11 is 3.38. The molecule has 0 fully saturated rings. The highest BCUT2D eigenvalue weighted by Crippen LogP contribution is 2.26. The molecule has 0 spiro atoms. The van der Waals surface area contributed by atoms with Gasteiger partial charge in [-0.3, -0.25) is 4.79 Å². The molecule has 0 aromatic heterocycles. The van der Waals surface area contributed by atoms with Crippen molar-refractivity contribution in [1.29, 1.82) is 5.26 Å². The number of benzene rings is 1. The zero-order valence-electron chi connectivity index (χ0n) is 10.9. The lowest BCUT2D eigenvalue weighted by atomic mass is 10.1. The molecule has 18 heavy (non-hydrogen) atoms. The van der Waals surface area contributed by atoms with E-state index >= 15 is 0 Å². The van der Waals surface area contributed by atoms with Gasteiger partial charge in [-0.1, -0.05) is 15.9 Å². The summed E-state index contributed by atoms with van der Waals surface area (Å²) in [6.45, 7) is 6.32. The minimum atomic E-state index is 0.0360. The second-order valence-electron chi connectivity index (χ2n) is 4.41. The van der Waals surface area contributed by atoms with Gasteiger partial charge >= 0.3 is 0 Å². The van der Waals surface area contributed by atoms with Gasteiger partial charge in [0.15, 0.2) is 5.78 Å². The van der Waals surface area contributed by atoms with Gasteiger partial charge < -0.3 is 4.90 Å². The molecule has 0 bridgehead atoms. The van der Waals surface area contributed by atoms with Crippen LogP contribution >= 0.6 is 15.9 Å². The quantitative estimate of drug-likeness (QED) is 0.778. The monoisotopic (exact) mass is 308 g/mol. The van der Waals surface area contributed by atoms with Crippen molar-refractivity contribution in [3.8, 4) is 6.07 Å². The van der Waals surface area contributed by atoms with Crippen LogP contribution in [0.25, 0.3) is 0 Å². The number of carbonyl (C=O) groups excluding carboxylic acids is 1. The molecule has 1 aromatic rings. The molecule has 0 atom stereocenters. The number of carbonyl (C=O) groups is 1. The molecule has 0 saturated carbocycles. The Kier molecular flexibility index (Phi) is 5.36. The third-order valence-electron chi connectivity index (χ3n) is 2.74. The number of halogens is 1. The molecule has 0 amide bonds. The predicted molar refractivity (Wildman–Crippen MR) is 76.9 cm³/mol. The van der Waals surface area contributed by atoms with Crippen molar-refractivity contribution < 1.29 is 4.79 Å². The van der Waals surface area contributed by atoms with Crippen LogP contribution in [0.3, 0.4) is 0 Å². The van der Waals surface area contributed by atoms with Crippen molar-refractivity contribution in [2.45, 2.75) is 33.2 Å². The Labute approximate surface area is 117 Å². The fraction of sp³-hybridized carbons (Fsp3) is 0.429. The van der Waals surface area contributed by atoms with Crippen LogP contribution in [-0.2, 0) is 0 Å². The number of Topliss-reactive ketones (excluding diaryl/α,β-unsaturated/α-hetero) is 1. The molecule has 0 N–H and O–H groups in total. The summed E-state index contributed by atoms with van der Waals surface area (Å²) in [4.78, 5) is 13.8. The van der Waals surface area contributed by atoms with Gasteiger partial charge in [0, 0.05) is 28.3 Å². The minimum absolute atomic E-state index is 0.0360. The fourth-order valence-corrected chi connectivity index (χ4v) is 2.23. The van der Waals surface area contributed by atoms with E-state index in [9.17, 15) is 4.79 Å². The summed E-state index contributed by atoms with van der Waals surface area (Å²) in [7, 11) is 0. The van der Waals surface area contributed by atoms with Gasteiger partial charge in [-0.2, -0.15) is 5.26 Å². The third kappa shape index (κ3) is 3.58. The second-order valence-corrected chi connectivity index (χ2v) is 5.33. The molecule has 1 aromatic carbocycles. The Morgan fingerprint density at radius 2 is 2.17 bits per heavy atom. The number of nitrogens with zero attached hydrogens (tertiary/aromatic N) is 2. The smallest absolute Gasteiger partial charge is 0.161 e.